The number of rotatable bonds is 7. The summed E-state index contributed by atoms with van der Waals surface area (Å²) in [6.45, 7) is 2.42. The molecule has 0 aliphatic carbocycles. The molecule has 0 saturated heterocycles. The largest absolute Gasteiger partial charge is 0.382 e. The van der Waals surface area contributed by atoms with Gasteiger partial charge in [-0.15, -0.1) is 0 Å². The topological polar surface area (TPSA) is 56.3 Å². The van der Waals surface area contributed by atoms with E-state index in [1.165, 1.54) is 0 Å². The maximum Gasteiger partial charge on any atom is 0.224 e. The van der Waals surface area contributed by atoms with Crippen LogP contribution < -0.4 is 5.32 Å². The van der Waals surface area contributed by atoms with Gasteiger partial charge in [0.1, 0.15) is 5.82 Å². The zero-order chi connectivity index (χ0) is 11.8. The number of hydrogen-bond donors (Lipinski definition) is 1. The summed E-state index contributed by atoms with van der Waals surface area (Å²) in [4.78, 5) is 7.85. The number of nitrogens with one attached hydrogen (secondary N) is 1. The first kappa shape index (κ1) is 13.6. The minimum atomic E-state index is 0.214. The smallest absolute Gasteiger partial charge is 0.224 e. The van der Waals surface area contributed by atoms with Crippen molar-refractivity contribution in [2.45, 2.75) is 0 Å². The Morgan fingerprint density at radius 1 is 1.44 bits per heavy atom. The van der Waals surface area contributed by atoms with E-state index in [-0.39, 0.29) is 5.28 Å². The Balaban J connectivity index is 2.23. The van der Waals surface area contributed by atoms with Crippen LogP contribution in [-0.4, -0.2) is 43.4 Å². The summed E-state index contributed by atoms with van der Waals surface area (Å²) in [6.07, 6.45) is 1.60. The van der Waals surface area contributed by atoms with Crippen molar-refractivity contribution in [3.8, 4) is 0 Å². The Bertz CT molecular complexity index is 328. The molecule has 0 atom stereocenters. The monoisotopic (exact) mass is 309 g/mol. The Labute approximate surface area is 108 Å². The van der Waals surface area contributed by atoms with Crippen LogP contribution in [0.3, 0.4) is 0 Å². The normalized spacial score (nSPS) is 10.4. The Kier molecular flexibility index (Phi) is 6.63. The first-order valence-corrected chi connectivity index (χ1v) is 5.89. The summed E-state index contributed by atoms with van der Waals surface area (Å²) in [7, 11) is 1.64. The van der Waals surface area contributed by atoms with Crippen molar-refractivity contribution in [3.05, 3.63) is 16.0 Å². The van der Waals surface area contributed by atoms with E-state index in [2.05, 4.69) is 31.2 Å². The molecule has 0 spiro atoms. The van der Waals surface area contributed by atoms with Gasteiger partial charge in [0.25, 0.3) is 0 Å². The first-order valence-electron chi connectivity index (χ1n) is 4.72. The maximum atomic E-state index is 5.67. The van der Waals surface area contributed by atoms with Crippen molar-refractivity contribution in [2.75, 3.05) is 38.8 Å². The lowest BCUT2D eigenvalue weighted by atomic mass is 10.5. The van der Waals surface area contributed by atoms with E-state index in [4.69, 9.17) is 21.1 Å². The molecular formula is C9H13BrClN3O2. The minimum absolute atomic E-state index is 0.214. The highest BCUT2D eigenvalue weighted by Gasteiger charge is 2.02. The third-order valence-corrected chi connectivity index (χ3v) is 2.45. The number of ether oxygens (including phenoxy) is 2. The molecule has 1 heterocycles. The fourth-order valence-corrected chi connectivity index (χ4v) is 1.42. The number of nitrogens with zero attached hydrogens (tertiary/aromatic N) is 2. The molecule has 1 aromatic rings. The third kappa shape index (κ3) is 5.07. The van der Waals surface area contributed by atoms with Gasteiger partial charge >= 0.3 is 0 Å². The molecule has 5 nitrogen and oxygen atoms in total. The lowest BCUT2D eigenvalue weighted by Crippen LogP contribution is -2.13. The molecule has 0 radical (unpaired) electrons. The van der Waals surface area contributed by atoms with E-state index < -0.39 is 0 Å². The predicted molar refractivity (Wildman–Crippen MR) is 65.9 cm³/mol. The van der Waals surface area contributed by atoms with Crippen molar-refractivity contribution in [1.29, 1.82) is 0 Å². The van der Waals surface area contributed by atoms with Crippen LogP contribution in [0.15, 0.2) is 10.7 Å². The first-order chi connectivity index (χ1) is 7.74. The zero-order valence-electron chi connectivity index (χ0n) is 8.87. The fraction of sp³-hybridized carbons (Fsp3) is 0.556. The van der Waals surface area contributed by atoms with Crippen LogP contribution in [0.2, 0.25) is 5.28 Å². The van der Waals surface area contributed by atoms with Gasteiger partial charge in [0.15, 0.2) is 0 Å². The predicted octanol–water partition coefficient (Wildman–Crippen LogP) is 1.97. The number of aromatic nitrogens is 2. The van der Waals surface area contributed by atoms with Gasteiger partial charge in [0.2, 0.25) is 5.28 Å². The second kappa shape index (κ2) is 7.78. The van der Waals surface area contributed by atoms with E-state index in [9.17, 15) is 0 Å². The minimum Gasteiger partial charge on any atom is -0.382 e. The van der Waals surface area contributed by atoms with Crippen molar-refractivity contribution >= 4 is 33.3 Å². The number of methoxy groups -OCH3 is 1. The molecule has 0 amide bonds. The summed E-state index contributed by atoms with van der Waals surface area (Å²) in [5, 5.41) is 3.30. The van der Waals surface area contributed by atoms with Gasteiger partial charge in [-0.2, -0.15) is 4.98 Å². The molecule has 0 bridgehead atoms. The van der Waals surface area contributed by atoms with Gasteiger partial charge in [0.05, 0.1) is 24.3 Å². The number of hydrogen-bond acceptors (Lipinski definition) is 5. The molecule has 90 valence electrons. The summed E-state index contributed by atoms with van der Waals surface area (Å²) in [6, 6.07) is 0. The quantitative estimate of drug-likeness (QED) is 0.616. The lowest BCUT2D eigenvalue weighted by Gasteiger charge is -2.07. The fourth-order valence-electron chi connectivity index (χ4n) is 0.955. The average molecular weight is 311 g/mol. The van der Waals surface area contributed by atoms with Gasteiger partial charge in [-0.1, -0.05) is 0 Å². The van der Waals surface area contributed by atoms with Crippen LogP contribution in [0.4, 0.5) is 5.82 Å². The highest BCUT2D eigenvalue weighted by Crippen LogP contribution is 2.19. The Hall–Kier alpha value is -0.430. The maximum absolute atomic E-state index is 5.67. The third-order valence-electron chi connectivity index (χ3n) is 1.69. The van der Waals surface area contributed by atoms with E-state index in [0.717, 1.165) is 4.47 Å². The number of halogens is 2. The van der Waals surface area contributed by atoms with Crippen LogP contribution in [0.5, 0.6) is 0 Å². The molecular weight excluding hydrogens is 297 g/mol. The van der Waals surface area contributed by atoms with Crippen LogP contribution in [-0.2, 0) is 9.47 Å². The molecule has 0 aliphatic rings. The molecule has 16 heavy (non-hydrogen) atoms. The SMILES string of the molecule is COCCOCCNc1nc(Cl)ncc1Br. The van der Waals surface area contributed by atoms with Crippen molar-refractivity contribution < 1.29 is 9.47 Å². The molecule has 0 aromatic carbocycles. The average Bonchev–Trinajstić information content (AvgIpc) is 2.28. The van der Waals surface area contributed by atoms with Gasteiger partial charge in [0, 0.05) is 19.9 Å². The van der Waals surface area contributed by atoms with Crippen molar-refractivity contribution in [2.24, 2.45) is 0 Å². The van der Waals surface area contributed by atoms with E-state index in [1.807, 2.05) is 0 Å². The van der Waals surface area contributed by atoms with Crippen LogP contribution >= 0.6 is 27.5 Å². The lowest BCUT2D eigenvalue weighted by molar-refractivity contribution is 0.0759. The molecule has 1 N–H and O–H groups in total. The van der Waals surface area contributed by atoms with Gasteiger partial charge in [-0.25, -0.2) is 4.98 Å². The summed E-state index contributed by atoms with van der Waals surface area (Å²) in [5.41, 5.74) is 0. The van der Waals surface area contributed by atoms with Gasteiger partial charge in [-0.3, -0.25) is 0 Å². The highest BCUT2D eigenvalue weighted by molar-refractivity contribution is 9.10. The molecule has 0 fully saturated rings. The Morgan fingerprint density at radius 3 is 3.00 bits per heavy atom. The summed E-state index contributed by atoms with van der Waals surface area (Å²) in [5.74, 6) is 0.662. The van der Waals surface area contributed by atoms with Gasteiger partial charge in [-0.05, 0) is 27.5 Å². The zero-order valence-corrected chi connectivity index (χ0v) is 11.2. The van der Waals surface area contributed by atoms with E-state index in [0.29, 0.717) is 32.2 Å². The van der Waals surface area contributed by atoms with Gasteiger partial charge < -0.3 is 14.8 Å². The summed E-state index contributed by atoms with van der Waals surface area (Å²) < 4.78 is 10.9. The van der Waals surface area contributed by atoms with Crippen molar-refractivity contribution in [3.63, 3.8) is 0 Å². The molecule has 0 aliphatic heterocycles. The highest BCUT2D eigenvalue weighted by atomic mass is 79.9. The van der Waals surface area contributed by atoms with E-state index in [1.54, 1.807) is 13.3 Å². The number of anilines is 1. The molecule has 7 heteroatoms. The van der Waals surface area contributed by atoms with Crippen LogP contribution in [0, 0.1) is 0 Å². The van der Waals surface area contributed by atoms with Crippen molar-refractivity contribution in [1.82, 2.24) is 9.97 Å². The Morgan fingerprint density at radius 2 is 2.25 bits per heavy atom. The summed E-state index contributed by atoms with van der Waals surface area (Å²) >= 11 is 8.98. The second-order valence-corrected chi connectivity index (χ2v) is 4.06. The van der Waals surface area contributed by atoms with Crippen LogP contribution in [0.25, 0.3) is 0 Å². The molecule has 0 unspecified atom stereocenters. The standard InChI is InChI=1S/C9H13BrClN3O2/c1-15-4-5-16-3-2-12-8-7(10)6-13-9(11)14-8/h6H,2-5H2,1H3,(H,12,13,14). The molecule has 0 saturated carbocycles. The van der Waals surface area contributed by atoms with Crippen LogP contribution in [0.1, 0.15) is 0 Å². The molecule has 1 rings (SSSR count). The van der Waals surface area contributed by atoms with E-state index >= 15 is 0 Å². The molecule has 1 aromatic heterocycles. The second-order valence-electron chi connectivity index (χ2n) is 2.87.